The van der Waals surface area contributed by atoms with Crippen LogP contribution in [0.15, 0.2) is 47.5 Å². The number of thioether (sulfide) groups is 1. The summed E-state index contributed by atoms with van der Waals surface area (Å²) in [6, 6.07) is 11.4. The maximum absolute atomic E-state index is 10.9. The highest BCUT2D eigenvalue weighted by molar-refractivity contribution is 7.98. The molecule has 0 saturated heterocycles. The van der Waals surface area contributed by atoms with Crippen molar-refractivity contribution in [3.63, 3.8) is 0 Å². The minimum absolute atomic E-state index is 0.0654. The molecule has 0 atom stereocenters. The van der Waals surface area contributed by atoms with Gasteiger partial charge in [-0.2, -0.15) is 0 Å². The van der Waals surface area contributed by atoms with Crippen LogP contribution in [0.5, 0.6) is 0 Å². The highest BCUT2D eigenvalue weighted by Gasteiger charge is 2.00. The first kappa shape index (κ1) is 13.4. The van der Waals surface area contributed by atoms with Crippen LogP contribution in [0.25, 0.3) is 0 Å². The number of rotatable bonds is 4. The van der Waals surface area contributed by atoms with Crippen molar-refractivity contribution in [3.05, 3.63) is 48.3 Å². The van der Waals surface area contributed by atoms with E-state index in [1.807, 2.05) is 30.3 Å². The lowest BCUT2D eigenvalue weighted by molar-refractivity contribution is -0.114. The summed E-state index contributed by atoms with van der Waals surface area (Å²) in [5.74, 6) is 0.703. The van der Waals surface area contributed by atoms with Crippen LogP contribution in [-0.2, 0) is 10.5 Å². The first-order valence-electron chi connectivity index (χ1n) is 5.84. The molecule has 98 valence electrons. The highest BCUT2D eigenvalue weighted by atomic mass is 32.2. The number of hydrogen-bond donors (Lipinski definition) is 2. The molecule has 1 amide bonds. The SMILES string of the molecule is CC(=O)Nc1ccc(SCc2cc(N)ccn2)cc1. The Bertz CT molecular complexity index is 569. The van der Waals surface area contributed by atoms with E-state index < -0.39 is 0 Å². The van der Waals surface area contributed by atoms with Crippen molar-refractivity contribution in [2.24, 2.45) is 0 Å². The summed E-state index contributed by atoms with van der Waals surface area (Å²) in [7, 11) is 0. The average molecular weight is 273 g/mol. The monoisotopic (exact) mass is 273 g/mol. The molecule has 4 nitrogen and oxygen atoms in total. The molecule has 19 heavy (non-hydrogen) atoms. The van der Waals surface area contributed by atoms with Gasteiger partial charge < -0.3 is 11.1 Å². The van der Waals surface area contributed by atoms with Crippen LogP contribution in [0.2, 0.25) is 0 Å². The molecule has 0 bridgehead atoms. The van der Waals surface area contributed by atoms with Gasteiger partial charge in [0.05, 0.1) is 5.69 Å². The number of pyridine rings is 1. The van der Waals surface area contributed by atoms with Crippen LogP contribution in [-0.4, -0.2) is 10.9 Å². The molecule has 2 rings (SSSR count). The topological polar surface area (TPSA) is 68.0 Å². The van der Waals surface area contributed by atoms with Gasteiger partial charge in [0.1, 0.15) is 0 Å². The van der Waals surface area contributed by atoms with Crippen molar-refractivity contribution in [1.82, 2.24) is 4.98 Å². The molecule has 0 spiro atoms. The molecule has 0 unspecified atom stereocenters. The molecule has 5 heteroatoms. The summed E-state index contributed by atoms with van der Waals surface area (Å²) >= 11 is 1.68. The van der Waals surface area contributed by atoms with Crippen molar-refractivity contribution < 1.29 is 4.79 Å². The molecule has 0 saturated carbocycles. The second kappa shape index (κ2) is 6.24. The van der Waals surface area contributed by atoms with Gasteiger partial charge in [0, 0.05) is 35.1 Å². The number of nitrogen functional groups attached to an aromatic ring is 1. The largest absolute Gasteiger partial charge is 0.399 e. The number of benzene rings is 1. The lowest BCUT2D eigenvalue weighted by Gasteiger charge is -2.05. The number of nitrogens with one attached hydrogen (secondary N) is 1. The Morgan fingerprint density at radius 1 is 1.32 bits per heavy atom. The zero-order valence-corrected chi connectivity index (χ0v) is 11.4. The minimum atomic E-state index is -0.0654. The zero-order valence-electron chi connectivity index (χ0n) is 10.6. The Balaban J connectivity index is 1.94. The third kappa shape index (κ3) is 4.30. The van der Waals surface area contributed by atoms with E-state index in [0.717, 1.165) is 27.7 Å². The first-order valence-corrected chi connectivity index (χ1v) is 6.83. The molecular formula is C14H15N3OS. The zero-order chi connectivity index (χ0) is 13.7. The molecular weight excluding hydrogens is 258 g/mol. The van der Waals surface area contributed by atoms with Crippen LogP contribution in [0.3, 0.4) is 0 Å². The summed E-state index contributed by atoms with van der Waals surface area (Å²) in [6.07, 6.45) is 1.71. The van der Waals surface area contributed by atoms with Crippen LogP contribution < -0.4 is 11.1 Å². The van der Waals surface area contributed by atoms with Gasteiger partial charge in [-0.05, 0) is 36.4 Å². The summed E-state index contributed by atoms with van der Waals surface area (Å²) < 4.78 is 0. The smallest absolute Gasteiger partial charge is 0.221 e. The third-order valence-electron chi connectivity index (χ3n) is 2.40. The average Bonchev–Trinajstić information content (AvgIpc) is 2.37. The van der Waals surface area contributed by atoms with Gasteiger partial charge in [-0.15, -0.1) is 11.8 Å². The molecule has 3 N–H and O–H groups in total. The van der Waals surface area contributed by atoms with Gasteiger partial charge >= 0.3 is 0 Å². The Morgan fingerprint density at radius 3 is 2.68 bits per heavy atom. The van der Waals surface area contributed by atoms with E-state index in [4.69, 9.17) is 5.73 Å². The maximum Gasteiger partial charge on any atom is 0.221 e. The number of anilines is 2. The van der Waals surface area contributed by atoms with Crippen molar-refractivity contribution in [1.29, 1.82) is 0 Å². The molecule has 0 aliphatic rings. The van der Waals surface area contributed by atoms with E-state index >= 15 is 0 Å². The second-order valence-electron chi connectivity index (χ2n) is 4.07. The fourth-order valence-corrected chi connectivity index (χ4v) is 2.37. The van der Waals surface area contributed by atoms with Crippen LogP contribution in [0.4, 0.5) is 11.4 Å². The Labute approximate surface area is 116 Å². The van der Waals surface area contributed by atoms with Gasteiger partial charge in [-0.1, -0.05) is 0 Å². The first-order chi connectivity index (χ1) is 9.13. The summed E-state index contributed by atoms with van der Waals surface area (Å²) in [5, 5.41) is 2.74. The van der Waals surface area contributed by atoms with Gasteiger partial charge in [0.2, 0.25) is 5.91 Å². The van der Waals surface area contributed by atoms with Crippen LogP contribution >= 0.6 is 11.8 Å². The Hall–Kier alpha value is -2.01. The van der Waals surface area contributed by atoms with Gasteiger partial charge in [-0.25, -0.2) is 0 Å². The molecule has 0 radical (unpaired) electrons. The summed E-state index contributed by atoms with van der Waals surface area (Å²) in [4.78, 5) is 16.3. The predicted octanol–water partition coefficient (Wildman–Crippen LogP) is 2.91. The van der Waals surface area contributed by atoms with Crippen molar-refractivity contribution in [2.45, 2.75) is 17.6 Å². The quantitative estimate of drug-likeness (QED) is 0.840. The third-order valence-corrected chi connectivity index (χ3v) is 3.45. The van der Waals surface area contributed by atoms with E-state index in [-0.39, 0.29) is 5.91 Å². The number of carbonyl (C=O) groups is 1. The van der Waals surface area contributed by atoms with Crippen molar-refractivity contribution in [3.8, 4) is 0 Å². The van der Waals surface area contributed by atoms with Gasteiger partial charge in [0.15, 0.2) is 0 Å². The Morgan fingerprint density at radius 2 is 2.05 bits per heavy atom. The lowest BCUT2D eigenvalue weighted by atomic mass is 10.3. The lowest BCUT2D eigenvalue weighted by Crippen LogP contribution is -2.05. The van der Waals surface area contributed by atoms with E-state index in [1.54, 1.807) is 24.0 Å². The van der Waals surface area contributed by atoms with E-state index in [0.29, 0.717) is 0 Å². The van der Waals surface area contributed by atoms with E-state index in [1.165, 1.54) is 6.92 Å². The van der Waals surface area contributed by atoms with Gasteiger partial charge in [-0.3, -0.25) is 9.78 Å². The molecule has 1 aromatic heterocycles. The fraction of sp³-hybridized carbons (Fsp3) is 0.143. The fourth-order valence-electron chi connectivity index (χ4n) is 1.57. The standard InChI is InChI=1S/C14H15N3OS/c1-10(18)17-12-2-4-14(5-3-12)19-9-13-8-11(15)6-7-16-13/h2-8H,9H2,1H3,(H2,15,16)(H,17,18). The molecule has 0 aliphatic carbocycles. The van der Waals surface area contributed by atoms with E-state index in [9.17, 15) is 4.79 Å². The molecule has 0 fully saturated rings. The molecule has 1 heterocycles. The van der Waals surface area contributed by atoms with Gasteiger partial charge in [0.25, 0.3) is 0 Å². The van der Waals surface area contributed by atoms with Crippen LogP contribution in [0.1, 0.15) is 12.6 Å². The predicted molar refractivity (Wildman–Crippen MR) is 79.0 cm³/mol. The molecule has 1 aromatic carbocycles. The summed E-state index contributed by atoms with van der Waals surface area (Å²) in [5.41, 5.74) is 8.19. The number of nitrogens with two attached hydrogens (primary N) is 1. The number of aromatic nitrogens is 1. The minimum Gasteiger partial charge on any atom is -0.399 e. The second-order valence-corrected chi connectivity index (χ2v) is 5.12. The Kier molecular flexibility index (Phi) is 4.41. The van der Waals surface area contributed by atoms with Crippen molar-refractivity contribution >= 4 is 29.0 Å². The van der Waals surface area contributed by atoms with E-state index in [2.05, 4.69) is 10.3 Å². The van der Waals surface area contributed by atoms with Crippen molar-refractivity contribution in [2.75, 3.05) is 11.1 Å². The normalized spacial score (nSPS) is 10.2. The van der Waals surface area contributed by atoms with Crippen LogP contribution in [0, 0.1) is 0 Å². The molecule has 0 aliphatic heterocycles. The summed E-state index contributed by atoms with van der Waals surface area (Å²) in [6.45, 7) is 1.49. The molecule has 2 aromatic rings. The number of carbonyl (C=O) groups excluding carboxylic acids is 1. The maximum atomic E-state index is 10.9. The number of nitrogens with zero attached hydrogens (tertiary/aromatic N) is 1. The number of amides is 1. The number of hydrogen-bond acceptors (Lipinski definition) is 4. The highest BCUT2D eigenvalue weighted by Crippen LogP contribution is 2.24.